The van der Waals surface area contributed by atoms with Gasteiger partial charge in [-0.1, -0.05) is 29.5 Å². The minimum absolute atomic E-state index is 0. The lowest BCUT2D eigenvalue weighted by Gasteiger charge is -2.20. The number of aromatic nitrogens is 3. The van der Waals surface area contributed by atoms with Gasteiger partial charge in [0.2, 0.25) is 5.91 Å². The van der Waals surface area contributed by atoms with Crippen molar-refractivity contribution in [3.8, 4) is 5.75 Å². The van der Waals surface area contributed by atoms with E-state index in [1.165, 1.54) is 11.1 Å². The Labute approximate surface area is 204 Å². The summed E-state index contributed by atoms with van der Waals surface area (Å²) < 4.78 is 8.65. The van der Waals surface area contributed by atoms with Crippen molar-refractivity contribution in [2.75, 3.05) is 18.1 Å². The number of nitrogens with zero attached hydrogens (tertiary/aromatic N) is 4. The highest BCUT2D eigenvalue weighted by Gasteiger charge is 2.21. The quantitative estimate of drug-likeness (QED) is 0.310. The van der Waals surface area contributed by atoms with E-state index >= 15 is 0 Å². The molecule has 0 aliphatic heterocycles. The SMILES string of the molecule is CCOc1ccc(CC(=O)N(CCCn2ccnc2)c2nc3c(C)c(C)ccc3s2)cc1.Cl. The molecule has 0 aliphatic rings. The fourth-order valence-corrected chi connectivity index (χ4v) is 4.70. The summed E-state index contributed by atoms with van der Waals surface area (Å²) in [4.78, 5) is 24.2. The Balaban J connectivity index is 0.00000306. The number of hydrogen-bond donors (Lipinski definition) is 0. The van der Waals surface area contributed by atoms with E-state index < -0.39 is 0 Å². The van der Waals surface area contributed by atoms with Crippen LogP contribution in [0, 0.1) is 13.8 Å². The van der Waals surface area contributed by atoms with Crippen LogP contribution in [0.5, 0.6) is 5.75 Å². The topological polar surface area (TPSA) is 60.2 Å². The lowest BCUT2D eigenvalue weighted by atomic mass is 10.1. The van der Waals surface area contributed by atoms with E-state index in [1.54, 1.807) is 23.9 Å². The molecule has 4 rings (SSSR count). The van der Waals surface area contributed by atoms with Crippen LogP contribution in [0.1, 0.15) is 30.0 Å². The third-order valence-electron chi connectivity index (χ3n) is 5.55. The van der Waals surface area contributed by atoms with Crippen LogP contribution in [0.2, 0.25) is 0 Å². The molecule has 0 spiro atoms. The average Bonchev–Trinajstić information content (AvgIpc) is 3.46. The zero-order chi connectivity index (χ0) is 22.5. The van der Waals surface area contributed by atoms with Gasteiger partial charge in [-0.2, -0.15) is 0 Å². The second-order valence-corrected chi connectivity index (χ2v) is 8.81. The van der Waals surface area contributed by atoms with Crippen LogP contribution < -0.4 is 9.64 Å². The van der Waals surface area contributed by atoms with Crippen molar-refractivity contribution in [3.63, 3.8) is 0 Å². The van der Waals surface area contributed by atoms with Crippen LogP contribution in [-0.2, 0) is 17.8 Å². The highest BCUT2D eigenvalue weighted by Crippen LogP contribution is 2.32. The molecule has 0 fully saturated rings. The number of ether oxygens (including phenoxy) is 1. The number of carbonyl (C=O) groups excluding carboxylic acids is 1. The Hall–Kier alpha value is -2.90. The van der Waals surface area contributed by atoms with Gasteiger partial charge >= 0.3 is 0 Å². The van der Waals surface area contributed by atoms with Crippen LogP contribution >= 0.6 is 23.7 Å². The summed E-state index contributed by atoms with van der Waals surface area (Å²) in [6, 6.07) is 12.0. The molecule has 174 valence electrons. The minimum atomic E-state index is 0. The van der Waals surface area contributed by atoms with Crippen molar-refractivity contribution in [2.45, 2.75) is 40.2 Å². The monoisotopic (exact) mass is 484 g/mol. The Kier molecular flexibility index (Phi) is 8.47. The van der Waals surface area contributed by atoms with Gasteiger partial charge in [-0.25, -0.2) is 9.97 Å². The largest absolute Gasteiger partial charge is 0.494 e. The predicted molar refractivity (Wildman–Crippen MR) is 137 cm³/mol. The molecule has 4 aromatic rings. The molecular formula is C25H29ClN4O2S. The number of imidazole rings is 1. The van der Waals surface area contributed by atoms with E-state index in [9.17, 15) is 4.79 Å². The normalized spacial score (nSPS) is 10.8. The molecule has 8 heteroatoms. The molecule has 0 saturated carbocycles. The first-order valence-corrected chi connectivity index (χ1v) is 11.7. The fraction of sp³-hybridized carbons (Fsp3) is 0.320. The summed E-state index contributed by atoms with van der Waals surface area (Å²) >= 11 is 1.58. The maximum atomic E-state index is 13.4. The zero-order valence-corrected chi connectivity index (χ0v) is 20.8. The molecule has 2 heterocycles. The molecule has 0 aliphatic carbocycles. The number of carbonyl (C=O) groups is 1. The van der Waals surface area contributed by atoms with Crippen molar-refractivity contribution < 1.29 is 9.53 Å². The highest BCUT2D eigenvalue weighted by atomic mass is 35.5. The molecule has 33 heavy (non-hydrogen) atoms. The van der Waals surface area contributed by atoms with Gasteiger partial charge in [-0.05, 0) is 62.1 Å². The number of benzene rings is 2. The summed E-state index contributed by atoms with van der Waals surface area (Å²) in [7, 11) is 0. The number of amides is 1. The maximum Gasteiger partial charge on any atom is 0.233 e. The van der Waals surface area contributed by atoms with Crippen molar-refractivity contribution in [1.29, 1.82) is 0 Å². The Morgan fingerprint density at radius 2 is 1.94 bits per heavy atom. The van der Waals surface area contributed by atoms with Crippen LogP contribution in [0.4, 0.5) is 5.13 Å². The lowest BCUT2D eigenvalue weighted by Crippen LogP contribution is -2.33. The summed E-state index contributed by atoms with van der Waals surface area (Å²) in [6.45, 7) is 8.17. The van der Waals surface area contributed by atoms with Crippen molar-refractivity contribution in [3.05, 3.63) is 71.8 Å². The summed E-state index contributed by atoms with van der Waals surface area (Å²) in [5.41, 5.74) is 4.33. The zero-order valence-electron chi connectivity index (χ0n) is 19.2. The van der Waals surface area contributed by atoms with Gasteiger partial charge in [-0.15, -0.1) is 12.4 Å². The van der Waals surface area contributed by atoms with Gasteiger partial charge in [0.15, 0.2) is 5.13 Å². The van der Waals surface area contributed by atoms with Crippen molar-refractivity contribution in [1.82, 2.24) is 14.5 Å². The Bertz CT molecular complexity index is 1190. The molecule has 2 aromatic heterocycles. The molecule has 0 saturated heterocycles. The van der Waals surface area contributed by atoms with Gasteiger partial charge in [0.1, 0.15) is 5.75 Å². The number of thiazole rings is 1. The van der Waals surface area contributed by atoms with Gasteiger partial charge in [0.05, 0.1) is 29.6 Å². The molecule has 6 nitrogen and oxygen atoms in total. The molecule has 0 atom stereocenters. The fourth-order valence-electron chi connectivity index (χ4n) is 3.63. The van der Waals surface area contributed by atoms with Crippen LogP contribution in [0.25, 0.3) is 10.2 Å². The first-order chi connectivity index (χ1) is 15.5. The standard InChI is InChI=1S/C25H28N4O2S.ClH/c1-4-31-21-9-7-20(8-10-21)16-23(30)29(14-5-13-28-15-12-26-17-28)25-27-24-19(3)18(2)6-11-22(24)32-25;/h6-12,15,17H,4-5,13-14,16H2,1-3H3;1H. The smallest absolute Gasteiger partial charge is 0.233 e. The molecule has 0 bridgehead atoms. The van der Waals surface area contributed by atoms with E-state index in [2.05, 4.69) is 31.0 Å². The van der Waals surface area contributed by atoms with Crippen molar-refractivity contribution >= 4 is 45.0 Å². The number of halogens is 1. The minimum Gasteiger partial charge on any atom is -0.494 e. The van der Waals surface area contributed by atoms with Crippen LogP contribution in [0.15, 0.2) is 55.1 Å². The second-order valence-electron chi connectivity index (χ2n) is 7.80. The van der Waals surface area contributed by atoms with E-state index in [-0.39, 0.29) is 18.3 Å². The van der Waals surface area contributed by atoms with Gasteiger partial charge in [0.25, 0.3) is 0 Å². The summed E-state index contributed by atoms with van der Waals surface area (Å²) in [6.07, 6.45) is 6.66. The third-order valence-corrected chi connectivity index (χ3v) is 6.60. The summed E-state index contributed by atoms with van der Waals surface area (Å²) in [5, 5.41) is 0.760. The molecule has 0 radical (unpaired) electrons. The third kappa shape index (κ3) is 5.92. The molecule has 0 N–H and O–H groups in total. The first-order valence-electron chi connectivity index (χ1n) is 10.9. The number of aryl methyl sites for hydroxylation is 3. The molecule has 1 amide bonds. The highest BCUT2D eigenvalue weighted by molar-refractivity contribution is 7.22. The summed E-state index contributed by atoms with van der Waals surface area (Å²) in [5.74, 6) is 0.867. The number of rotatable bonds is 9. The van der Waals surface area contributed by atoms with Gasteiger partial charge in [0, 0.05) is 25.5 Å². The molecular weight excluding hydrogens is 456 g/mol. The Morgan fingerprint density at radius 3 is 2.64 bits per heavy atom. The second kappa shape index (κ2) is 11.3. The first kappa shape index (κ1) is 24.7. The van der Waals surface area contributed by atoms with E-state index in [1.807, 2.05) is 46.9 Å². The van der Waals surface area contributed by atoms with E-state index in [0.29, 0.717) is 19.6 Å². The number of anilines is 1. The van der Waals surface area contributed by atoms with Crippen molar-refractivity contribution in [2.24, 2.45) is 0 Å². The van der Waals surface area contributed by atoms with Gasteiger partial charge < -0.3 is 9.30 Å². The lowest BCUT2D eigenvalue weighted by molar-refractivity contribution is -0.118. The average molecular weight is 485 g/mol. The molecule has 0 unspecified atom stereocenters. The van der Waals surface area contributed by atoms with Crippen LogP contribution in [0.3, 0.4) is 0 Å². The Morgan fingerprint density at radius 1 is 1.15 bits per heavy atom. The van der Waals surface area contributed by atoms with E-state index in [4.69, 9.17) is 9.72 Å². The van der Waals surface area contributed by atoms with Gasteiger partial charge in [-0.3, -0.25) is 9.69 Å². The number of fused-ring (bicyclic) bond motifs is 1. The molecule has 2 aromatic carbocycles. The van der Waals surface area contributed by atoms with E-state index in [0.717, 1.165) is 39.6 Å². The maximum absolute atomic E-state index is 13.4. The number of hydrogen-bond acceptors (Lipinski definition) is 5. The van der Waals surface area contributed by atoms with Crippen LogP contribution in [-0.4, -0.2) is 33.6 Å². The predicted octanol–water partition coefficient (Wildman–Crippen LogP) is 5.60.